The van der Waals surface area contributed by atoms with Crippen molar-refractivity contribution < 1.29 is 22.7 Å². The normalized spacial score (nSPS) is 19.1. The van der Waals surface area contributed by atoms with Crippen LogP contribution < -0.4 is 10.2 Å². The Morgan fingerprint density at radius 1 is 1.36 bits per heavy atom. The molecule has 1 aliphatic heterocycles. The van der Waals surface area contributed by atoms with E-state index in [9.17, 15) is 18.0 Å². The van der Waals surface area contributed by atoms with E-state index in [1.807, 2.05) is 10.2 Å². The third-order valence-electron chi connectivity index (χ3n) is 3.15. The molecule has 1 unspecified atom stereocenters. The zero-order valence-corrected chi connectivity index (χ0v) is 12.8. The molecule has 4 nitrogen and oxygen atoms in total. The van der Waals surface area contributed by atoms with Gasteiger partial charge in [-0.3, -0.25) is 4.79 Å². The first-order valence-electron chi connectivity index (χ1n) is 6.44. The summed E-state index contributed by atoms with van der Waals surface area (Å²) < 4.78 is 41.8. The Morgan fingerprint density at radius 2 is 2.09 bits per heavy atom. The lowest BCUT2D eigenvalue weighted by atomic mass is 10.2. The second kappa shape index (κ2) is 6.93. The molecule has 0 radical (unpaired) electrons. The molecule has 1 aromatic carbocycles. The molecule has 0 spiro atoms. The highest BCUT2D eigenvalue weighted by Gasteiger charge is 2.38. The quantitative estimate of drug-likeness (QED) is 0.905. The van der Waals surface area contributed by atoms with E-state index in [0.717, 1.165) is 5.69 Å². The summed E-state index contributed by atoms with van der Waals surface area (Å²) in [6.07, 6.45) is -5.42. The van der Waals surface area contributed by atoms with Crippen molar-refractivity contribution in [3.8, 4) is 0 Å². The van der Waals surface area contributed by atoms with Crippen LogP contribution in [-0.2, 0) is 9.53 Å². The second-order valence-corrected chi connectivity index (χ2v) is 5.56. The summed E-state index contributed by atoms with van der Waals surface area (Å²) >= 11 is 11.8. The molecule has 0 aliphatic carbocycles. The van der Waals surface area contributed by atoms with Gasteiger partial charge in [-0.15, -0.1) is 0 Å². The minimum absolute atomic E-state index is 0.212. The van der Waals surface area contributed by atoms with E-state index in [-0.39, 0.29) is 6.54 Å². The molecule has 1 amide bonds. The van der Waals surface area contributed by atoms with E-state index in [1.54, 1.807) is 18.2 Å². The van der Waals surface area contributed by atoms with Crippen molar-refractivity contribution in [2.24, 2.45) is 0 Å². The van der Waals surface area contributed by atoms with Gasteiger partial charge in [-0.2, -0.15) is 13.2 Å². The molecular formula is C13H13Cl2F3N2O2. The molecule has 1 fully saturated rings. The molecular weight excluding hydrogens is 344 g/mol. The second-order valence-electron chi connectivity index (χ2n) is 4.75. The minimum atomic E-state index is -4.89. The number of alkyl halides is 3. The number of carbonyl (C=O) groups excluding carboxylic acids is 1. The van der Waals surface area contributed by atoms with Crippen LogP contribution in [0.2, 0.25) is 10.0 Å². The predicted octanol–water partition coefficient (Wildman–Crippen LogP) is 2.88. The molecule has 1 heterocycles. The van der Waals surface area contributed by atoms with Gasteiger partial charge >= 0.3 is 12.1 Å². The number of hydrogen-bond donors (Lipinski definition) is 1. The number of carbonyl (C=O) groups is 1. The molecule has 122 valence electrons. The standard InChI is InChI=1S/C13H13Cl2F3N2O2/c14-10-2-1-8(5-11(10)15)20-3-4-22-9(7-20)6-19-12(21)13(16,17)18/h1-2,5,9H,3-4,6-7H2,(H,19,21). The van der Waals surface area contributed by atoms with Gasteiger partial charge in [0.15, 0.2) is 0 Å². The number of nitrogens with one attached hydrogen (secondary N) is 1. The number of hydrogen-bond acceptors (Lipinski definition) is 3. The topological polar surface area (TPSA) is 41.6 Å². The molecule has 1 aliphatic rings. The number of anilines is 1. The molecule has 9 heteroatoms. The number of morpholine rings is 1. The Balaban J connectivity index is 1.94. The van der Waals surface area contributed by atoms with Crippen LogP contribution in [0.3, 0.4) is 0 Å². The van der Waals surface area contributed by atoms with Crippen LogP contribution in [0.4, 0.5) is 18.9 Å². The van der Waals surface area contributed by atoms with Gasteiger partial charge in [-0.1, -0.05) is 23.2 Å². The van der Waals surface area contributed by atoms with Gasteiger partial charge < -0.3 is 15.0 Å². The molecule has 0 saturated carbocycles. The molecule has 1 atom stereocenters. The molecule has 22 heavy (non-hydrogen) atoms. The van der Waals surface area contributed by atoms with Crippen molar-refractivity contribution in [3.63, 3.8) is 0 Å². The van der Waals surface area contributed by atoms with Gasteiger partial charge in [0.2, 0.25) is 0 Å². The third-order valence-corrected chi connectivity index (χ3v) is 3.89. The van der Waals surface area contributed by atoms with Crippen LogP contribution in [0.1, 0.15) is 0 Å². The average molecular weight is 357 g/mol. The molecule has 1 N–H and O–H groups in total. The SMILES string of the molecule is O=C(NCC1CN(c2ccc(Cl)c(Cl)c2)CCO1)C(F)(F)F. The number of ether oxygens (including phenoxy) is 1. The van der Waals surface area contributed by atoms with E-state index in [4.69, 9.17) is 27.9 Å². The highest BCUT2D eigenvalue weighted by atomic mass is 35.5. The maximum atomic E-state index is 12.1. The molecule has 1 saturated heterocycles. The van der Waals surface area contributed by atoms with Crippen LogP contribution in [-0.4, -0.2) is 44.4 Å². The van der Waals surface area contributed by atoms with E-state index >= 15 is 0 Å². The Bertz CT molecular complexity index is 555. The summed E-state index contributed by atoms with van der Waals surface area (Å²) in [5, 5.41) is 2.64. The van der Waals surface area contributed by atoms with E-state index in [0.29, 0.717) is 29.7 Å². The van der Waals surface area contributed by atoms with Crippen LogP contribution in [0.15, 0.2) is 18.2 Å². The van der Waals surface area contributed by atoms with Gasteiger partial charge in [0.25, 0.3) is 0 Å². The van der Waals surface area contributed by atoms with E-state index < -0.39 is 18.2 Å². The maximum Gasteiger partial charge on any atom is 0.471 e. The van der Waals surface area contributed by atoms with Crippen molar-refractivity contribution in [1.82, 2.24) is 5.32 Å². The fourth-order valence-corrected chi connectivity index (χ4v) is 2.36. The van der Waals surface area contributed by atoms with Gasteiger partial charge in [0.05, 0.1) is 22.8 Å². The van der Waals surface area contributed by atoms with Gasteiger partial charge in [0.1, 0.15) is 0 Å². The lowest BCUT2D eigenvalue weighted by Gasteiger charge is -2.34. The van der Waals surface area contributed by atoms with E-state index in [1.165, 1.54) is 0 Å². The Morgan fingerprint density at radius 3 is 2.73 bits per heavy atom. The molecule has 2 rings (SSSR count). The van der Waals surface area contributed by atoms with Crippen molar-refractivity contribution >= 4 is 34.8 Å². The van der Waals surface area contributed by atoms with Crippen LogP contribution in [0.25, 0.3) is 0 Å². The minimum Gasteiger partial charge on any atom is -0.373 e. The first kappa shape index (κ1) is 17.2. The summed E-state index contributed by atoms with van der Waals surface area (Å²) in [5.41, 5.74) is 0.796. The Hall–Kier alpha value is -1.18. The maximum absolute atomic E-state index is 12.1. The number of amides is 1. The lowest BCUT2D eigenvalue weighted by molar-refractivity contribution is -0.174. The smallest absolute Gasteiger partial charge is 0.373 e. The highest BCUT2D eigenvalue weighted by Crippen LogP contribution is 2.28. The van der Waals surface area contributed by atoms with Crippen molar-refractivity contribution in [2.45, 2.75) is 12.3 Å². The van der Waals surface area contributed by atoms with Gasteiger partial charge in [0, 0.05) is 25.3 Å². The summed E-state index contributed by atoms with van der Waals surface area (Å²) in [4.78, 5) is 12.7. The van der Waals surface area contributed by atoms with Crippen LogP contribution in [0.5, 0.6) is 0 Å². The van der Waals surface area contributed by atoms with Gasteiger partial charge in [-0.25, -0.2) is 0 Å². The number of benzene rings is 1. The number of nitrogens with zero attached hydrogens (tertiary/aromatic N) is 1. The third kappa shape index (κ3) is 4.41. The fourth-order valence-electron chi connectivity index (χ4n) is 2.07. The van der Waals surface area contributed by atoms with Crippen molar-refractivity contribution in [3.05, 3.63) is 28.2 Å². The zero-order valence-electron chi connectivity index (χ0n) is 11.3. The molecule has 1 aromatic rings. The number of rotatable bonds is 3. The zero-order chi connectivity index (χ0) is 16.3. The van der Waals surface area contributed by atoms with Crippen molar-refractivity contribution in [2.75, 3.05) is 31.1 Å². The molecule has 0 bridgehead atoms. The predicted molar refractivity (Wildman–Crippen MR) is 77.5 cm³/mol. The Labute approximate surface area is 135 Å². The van der Waals surface area contributed by atoms with Crippen LogP contribution >= 0.6 is 23.2 Å². The summed E-state index contributed by atoms with van der Waals surface area (Å²) in [7, 11) is 0. The molecule has 0 aromatic heterocycles. The first-order chi connectivity index (χ1) is 10.3. The summed E-state index contributed by atoms with van der Waals surface area (Å²) in [6, 6.07) is 5.10. The summed E-state index contributed by atoms with van der Waals surface area (Å²) in [6.45, 7) is 1.04. The average Bonchev–Trinajstić information content (AvgIpc) is 2.47. The van der Waals surface area contributed by atoms with Crippen LogP contribution in [0, 0.1) is 0 Å². The largest absolute Gasteiger partial charge is 0.471 e. The fraction of sp³-hybridized carbons (Fsp3) is 0.462. The highest BCUT2D eigenvalue weighted by molar-refractivity contribution is 6.42. The van der Waals surface area contributed by atoms with E-state index in [2.05, 4.69) is 0 Å². The number of halogens is 5. The lowest BCUT2D eigenvalue weighted by Crippen LogP contribution is -2.49. The summed E-state index contributed by atoms with van der Waals surface area (Å²) in [5.74, 6) is -1.97. The first-order valence-corrected chi connectivity index (χ1v) is 7.19. The van der Waals surface area contributed by atoms with Gasteiger partial charge in [-0.05, 0) is 18.2 Å². The van der Waals surface area contributed by atoms with Crippen molar-refractivity contribution in [1.29, 1.82) is 0 Å². The Kier molecular flexibility index (Phi) is 5.41. The monoisotopic (exact) mass is 356 g/mol.